The summed E-state index contributed by atoms with van der Waals surface area (Å²) in [4.78, 5) is 10.6. The molecule has 0 atom stereocenters. The molecule has 0 radical (unpaired) electrons. The van der Waals surface area contributed by atoms with Crippen LogP contribution in [0.2, 0.25) is 0 Å². The molecule has 2 rings (SSSR count). The Morgan fingerprint density at radius 2 is 2.00 bits per heavy atom. The van der Waals surface area contributed by atoms with Crippen molar-refractivity contribution in [2.75, 3.05) is 0 Å². The van der Waals surface area contributed by atoms with Crippen LogP contribution in [0.15, 0.2) is 18.2 Å². The lowest BCUT2D eigenvalue weighted by molar-refractivity contribution is -0.384. The van der Waals surface area contributed by atoms with Gasteiger partial charge in [0.2, 0.25) is 0 Å². The fraction of sp³-hybridized carbons (Fsp3) is 0.273. The second-order valence-corrected chi connectivity index (χ2v) is 3.91. The van der Waals surface area contributed by atoms with E-state index in [2.05, 4.69) is 10.2 Å². The smallest absolute Gasteiger partial charge is 0.280 e. The van der Waals surface area contributed by atoms with Crippen LogP contribution in [0.4, 0.5) is 5.69 Å². The van der Waals surface area contributed by atoms with E-state index in [4.69, 9.17) is 0 Å². The van der Waals surface area contributed by atoms with Crippen molar-refractivity contribution in [2.45, 2.75) is 13.8 Å². The second kappa shape index (κ2) is 3.97. The van der Waals surface area contributed by atoms with Crippen LogP contribution in [-0.2, 0) is 7.05 Å². The highest BCUT2D eigenvalue weighted by atomic mass is 16.6. The van der Waals surface area contributed by atoms with Crippen molar-refractivity contribution in [3.05, 3.63) is 39.7 Å². The zero-order valence-electron chi connectivity index (χ0n) is 9.84. The van der Waals surface area contributed by atoms with Crippen molar-refractivity contribution >= 4 is 5.69 Å². The molecule has 0 bridgehead atoms. The second-order valence-electron chi connectivity index (χ2n) is 3.91. The molecule has 0 aliphatic carbocycles. The Morgan fingerprint density at radius 3 is 2.53 bits per heavy atom. The van der Waals surface area contributed by atoms with E-state index in [1.54, 1.807) is 30.7 Å². The zero-order valence-corrected chi connectivity index (χ0v) is 9.84. The van der Waals surface area contributed by atoms with Crippen molar-refractivity contribution in [1.29, 1.82) is 0 Å². The Kier molecular flexibility index (Phi) is 2.63. The summed E-state index contributed by atoms with van der Waals surface area (Å²) in [5.41, 5.74) is 1.39. The van der Waals surface area contributed by atoms with Gasteiger partial charge in [-0.3, -0.25) is 10.1 Å². The van der Waals surface area contributed by atoms with Crippen LogP contribution in [0.3, 0.4) is 0 Å². The molecule has 0 aliphatic rings. The van der Waals surface area contributed by atoms with Crippen LogP contribution in [-0.4, -0.2) is 19.7 Å². The molecule has 17 heavy (non-hydrogen) atoms. The van der Waals surface area contributed by atoms with Gasteiger partial charge in [0.1, 0.15) is 5.82 Å². The summed E-state index contributed by atoms with van der Waals surface area (Å²) in [6.07, 6.45) is 0. The van der Waals surface area contributed by atoms with Gasteiger partial charge in [0.05, 0.1) is 10.5 Å². The Morgan fingerprint density at radius 1 is 1.29 bits per heavy atom. The Bertz CT molecular complexity index is 589. The number of rotatable bonds is 2. The van der Waals surface area contributed by atoms with Crippen LogP contribution in [0, 0.1) is 24.0 Å². The van der Waals surface area contributed by atoms with Crippen LogP contribution < -0.4 is 0 Å². The van der Waals surface area contributed by atoms with Gasteiger partial charge in [-0.25, -0.2) is 0 Å². The molecule has 1 aromatic heterocycles. The molecule has 0 aliphatic heterocycles. The first-order chi connectivity index (χ1) is 8.00. The summed E-state index contributed by atoms with van der Waals surface area (Å²) in [7, 11) is 1.79. The minimum atomic E-state index is -0.396. The zero-order chi connectivity index (χ0) is 12.6. The maximum Gasteiger partial charge on any atom is 0.280 e. The number of aromatic nitrogens is 3. The maximum absolute atomic E-state index is 11.0. The largest absolute Gasteiger partial charge is 0.314 e. The van der Waals surface area contributed by atoms with E-state index >= 15 is 0 Å². The first-order valence-corrected chi connectivity index (χ1v) is 5.12. The SMILES string of the molecule is Cc1ccc(-c2nnc(C)n2C)c([N+](=O)[O-])c1. The number of nitro groups is 1. The van der Waals surface area contributed by atoms with Gasteiger partial charge in [-0.05, 0) is 25.5 Å². The summed E-state index contributed by atoms with van der Waals surface area (Å²) in [6, 6.07) is 5.07. The van der Waals surface area contributed by atoms with Crippen LogP contribution in [0.1, 0.15) is 11.4 Å². The molecule has 2 aromatic rings. The predicted octanol–water partition coefficient (Wildman–Crippen LogP) is 2.01. The molecule has 1 aromatic carbocycles. The van der Waals surface area contributed by atoms with E-state index in [9.17, 15) is 10.1 Å². The number of aryl methyl sites for hydroxylation is 2. The quantitative estimate of drug-likeness (QED) is 0.586. The molecule has 0 spiro atoms. The van der Waals surface area contributed by atoms with Crippen LogP contribution in [0.25, 0.3) is 11.4 Å². The first-order valence-electron chi connectivity index (χ1n) is 5.12. The third-order valence-electron chi connectivity index (χ3n) is 2.68. The molecule has 0 fully saturated rings. The third kappa shape index (κ3) is 1.89. The van der Waals surface area contributed by atoms with Gasteiger partial charge in [-0.1, -0.05) is 6.07 Å². The van der Waals surface area contributed by atoms with E-state index in [1.165, 1.54) is 0 Å². The molecule has 0 unspecified atom stereocenters. The molecular formula is C11H12N4O2. The van der Waals surface area contributed by atoms with Crippen molar-refractivity contribution < 1.29 is 4.92 Å². The van der Waals surface area contributed by atoms with Crippen LogP contribution in [0.5, 0.6) is 0 Å². The van der Waals surface area contributed by atoms with Gasteiger partial charge >= 0.3 is 0 Å². The highest BCUT2D eigenvalue weighted by Crippen LogP contribution is 2.29. The number of hydrogen-bond acceptors (Lipinski definition) is 4. The summed E-state index contributed by atoms with van der Waals surface area (Å²) in [5, 5.41) is 18.9. The average molecular weight is 232 g/mol. The van der Waals surface area contributed by atoms with Gasteiger partial charge in [0.15, 0.2) is 5.82 Å². The summed E-state index contributed by atoms with van der Waals surface area (Å²) in [6.45, 7) is 3.62. The minimum Gasteiger partial charge on any atom is -0.314 e. The summed E-state index contributed by atoms with van der Waals surface area (Å²) < 4.78 is 1.73. The lowest BCUT2D eigenvalue weighted by Crippen LogP contribution is -1.99. The standard InChI is InChI=1S/C11H12N4O2/c1-7-4-5-9(10(6-7)15(16)17)11-13-12-8(2)14(11)3/h4-6H,1-3H3. The normalized spacial score (nSPS) is 10.5. The molecule has 0 amide bonds. The highest BCUT2D eigenvalue weighted by molar-refractivity contribution is 5.68. The predicted molar refractivity (Wildman–Crippen MR) is 62.6 cm³/mol. The number of benzene rings is 1. The molecule has 0 N–H and O–H groups in total. The number of nitro benzene ring substituents is 1. The van der Waals surface area contributed by atoms with Gasteiger partial charge in [-0.15, -0.1) is 10.2 Å². The first kappa shape index (κ1) is 11.3. The third-order valence-corrected chi connectivity index (χ3v) is 2.68. The Labute approximate surface area is 98.1 Å². The van der Waals surface area contributed by atoms with Gasteiger partial charge in [-0.2, -0.15) is 0 Å². The molecule has 1 heterocycles. The number of hydrogen-bond donors (Lipinski definition) is 0. The molecule has 6 heteroatoms. The molecule has 6 nitrogen and oxygen atoms in total. The maximum atomic E-state index is 11.0. The Hall–Kier alpha value is -2.24. The topological polar surface area (TPSA) is 73.8 Å². The summed E-state index contributed by atoms with van der Waals surface area (Å²) >= 11 is 0. The van der Waals surface area contributed by atoms with E-state index in [1.807, 2.05) is 13.0 Å². The Balaban J connectivity index is 2.67. The fourth-order valence-electron chi connectivity index (χ4n) is 1.62. The fourth-order valence-corrected chi connectivity index (χ4v) is 1.62. The highest BCUT2D eigenvalue weighted by Gasteiger charge is 2.19. The molecule has 0 saturated heterocycles. The van der Waals surface area contributed by atoms with Crippen molar-refractivity contribution in [3.63, 3.8) is 0 Å². The van der Waals surface area contributed by atoms with Gasteiger partial charge in [0, 0.05) is 13.1 Å². The summed E-state index contributed by atoms with van der Waals surface area (Å²) in [5.74, 6) is 1.23. The molecule has 0 saturated carbocycles. The lowest BCUT2D eigenvalue weighted by Gasteiger charge is -2.03. The monoisotopic (exact) mass is 232 g/mol. The van der Waals surface area contributed by atoms with E-state index in [0.29, 0.717) is 11.4 Å². The average Bonchev–Trinajstić information content (AvgIpc) is 2.60. The lowest BCUT2D eigenvalue weighted by atomic mass is 10.1. The van der Waals surface area contributed by atoms with Crippen molar-refractivity contribution in [2.24, 2.45) is 7.05 Å². The van der Waals surface area contributed by atoms with Crippen molar-refractivity contribution in [3.8, 4) is 11.4 Å². The number of nitrogens with zero attached hydrogens (tertiary/aromatic N) is 4. The van der Waals surface area contributed by atoms with E-state index in [-0.39, 0.29) is 5.69 Å². The van der Waals surface area contributed by atoms with Gasteiger partial charge < -0.3 is 4.57 Å². The van der Waals surface area contributed by atoms with Crippen LogP contribution >= 0.6 is 0 Å². The van der Waals surface area contributed by atoms with Crippen molar-refractivity contribution in [1.82, 2.24) is 14.8 Å². The molecular weight excluding hydrogens is 220 g/mol. The van der Waals surface area contributed by atoms with E-state index < -0.39 is 4.92 Å². The van der Waals surface area contributed by atoms with E-state index in [0.717, 1.165) is 11.4 Å². The van der Waals surface area contributed by atoms with Gasteiger partial charge in [0.25, 0.3) is 5.69 Å². The molecule has 88 valence electrons. The minimum absolute atomic E-state index is 0.0560.